The van der Waals surface area contributed by atoms with Crippen molar-refractivity contribution in [3.05, 3.63) is 71.5 Å². The van der Waals surface area contributed by atoms with E-state index in [1.54, 1.807) is 12.1 Å². The maximum Gasteiger partial charge on any atom is 0.123 e. The second-order valence-corrected chi connectivity index (χ2v) is 5.48. The van der Waals surface area contributed by atoms with Gasteiger partial charge in [0.05, 0.1) is 0 Å². The lowest BCUT2D eigenvalue weighted by molar-refractivity contribution is 0.311. The van der Waals surface area contributed by atoms with Crippen molar-refractivity contribution in [2.24, 2.45) is 0 Å². The van der Waals surface area contributed by atoms with Crippen molar-refractivity contribution >= 4 is 12.6 Å². The highest BCUT2D eigenvalue weighted by molar-refractivity contribution is 7.80. The Bertz CT molecular complexity index is 530. The number of benzene rings is 2. The summed E-state index contributed by atoms with van der Waals surface area (Å²) in [6.45, 7) is 1.65. The van der Waals surface area contributed by atoms with Gasteiger partial charge in [-0.15, -0.1) is 0 Å². The molecular weight excluding hydrogens is 269 g/mol. The number of nitrogens with zero attached hydrogens (tertiary/aromatic N) is 1. The number of halogens is 1. The highest BCUT2D eigenvalue weighted by Crippen LogP contribution is 2.19. The van der Waals surface area contributed by atoms with Crippen LogP contribution in [0.5, 0.6) is 0 Å². The van der Waals surface area contributed by atoms with Crippen LogP contribution in [-0.4, -0.2) is 24.2 Å². The molecule has 106 valence electrons. The number of hydrogen-bond acceptors (Lipinski definition) is 2. The molecule has 1 atom stereocenters. The summed E-state index contributed by atoms with van der Waals surface area (Å²) in [6, 6.07) is 17.2. The van der Waals surface area contributed by atoms with E-state index < -0.39 is 0 Å². The Kier molecular flexibility index (Phi) is 5.62. The second-order valence-electron chi connectivity index (χ2n) is 5.12. The van der Waals surface area contributed by atoms with Crippen LogP contribution in [0, 0.1) is 5.82 Å². The fraction of sp³-hybridized carbons (Fsp3) is 0.294. The van der Waals surface area contributed by atoms with Crippen molar-refractivity contribution in [2.45, 2.75) is 12.5 Å². The maximum absolute atomic E-state index is 13.2. The first-order valence-corrected chi connectivity index (χ1v) is 7.41. The third kappa shape index (κ3) is 4.36. The summed E-state index contributed by atoms with van der Waals surface area (Å²) in [6.07, 6.45) is 0. The van der Waals surface area contributed by atoms with Gasteiger partial charge in [0, 0.05) is 19.0 Å². The van der Waals surface area contributed by atoms with Crippen molar-refractivity contribution in [3.8, 4) is 0 Å². The van der Waals surface area contributed by atoms with Crippen LogP contribution < -0.4 is 0 Å². The molecule has 0 aliphatic rings. The SMILES string of the molecule is CN(Cc1cccc(F)c1)CC(CS)c1ccccc1. The van der Waals surface area contributed by atoms with E-state index in [1.807, 2.05) is 12.1 Å². The van der Waals surface area contributed by atoms with Crippen LogP contribution in [0.2, 0.25) is 0 Å². The van der Waals surface area contributed by atoms with Crippen molar-refractivity contribution < 1.29 is 4.39 Å². The van der Waals surface area contributed by atoms with Crippen LogP contribution in [-0.2, 0) is 6.54 Å². The van der Waals surface area contributed by atoms with Crippen LogP contribution in [0.1, 0.15) is 17.0 Å². The Labute approximate surface area is 125 Å². The highest BCUT2D eigenvalue weighted by atomic mass is 32.1. The van der Waals surface area contributed by atoms with Gasteiger partial charge < -0.3 is 4.90 Å². The summed E-state index contributed by atoms with van der Waals surface area (Å²) in [5.41, 5.74) is 2.30. The topological polar surface area (TPSA) is 3.24 Å². The lowest BCUT2D eigenvalue weighted by Crippen LogP contribution is -2.25. The van der Waals surface area contributed by atoms with Gasteiger partial charge >= 0.3 is 0 Å². The quantitative estimate of drug-likeness (QED) is 0.788. The van der Waals surface area contributed by atoms with E-state index in [-0.39, 0.29) is 5.82 Å². The minimum atomic E-state index is -0.176. The van der Waals surface area contributed by atoms with E-state index in [0.717, 1.165) is 24.4 Å². The average molecular weight is 289 g/mol. The molecule has 20 heavy (non-hydrogen) atoms. The zero-order valence-corrected chi connectivity index (χ0v) is 12.6. The number of thiol groups is 1. The molecule has 0 spiro atoms. The molecule has 3 heteroatoms. The molecule has 2 aromatic rings. The molecule has 0 aromatic heterocycles. The van der Waals surface area contributed by atoms with Gasteiger partial charge in [0.1, 0.15) is 5.82 Å². The molecule has 0 aliphatic heterocycles. The fourth-order valence-corrected chi connectivity index (χ4v) is 2.71. The van der Waals surface area contributed by atoms with E-state index in [9.17, 15) is 4.39 Å². The Hall–Kier alpha value is -1.32. The zero-order chi connectivity index (χ0) is 14.4. The molecule has 0 saturated carbocycles. The molecule has 0 fully saturated rings. The highest BCUT2D eigenvalue weighted by Gasteiger charge is 2.12. The smallest absolute Gasteiger partial charge is 0.123 e. The molecule has 2 aromatic carbocycles. The molecule has 0 N–H and O–H groups in total. The van der Waals surface area contributed by atoms with Gasteiger partial charge in [-0.3, -0.25) is 0 Å². The van der Waals surface area contributed by atoms with Crippen LogP contribution in [0.4, 0.5) is 4.39 Å². The first-order valence-electron chi connectivity index (χ1n) is 6.78. The lowest BCUT2D eigenvalue weighted by atomic mass is 10.0. The van der Waals surface area contributed by atoms with Crippen LogP contribution in [0.3, 0.4) is 0 Å². The summed E-state index contributed by atoms with van der Waals surface area (Å²) in [5.74, 6) is 1.01. The van der Waals surface area contributed by atoms with E-state index >= 15 is 0 Å². The van der Waals surface area contributed by atoms with Gasteiger partial charge in [0.15, 0.2) is 0 Å². The van der Waals surface area contributed by atoms with E-state index in [0.29, 0.717) is 5.92 Å². The van der Waals surface area contributed by atoms with Crippen molar-refractivity contribution in [2.75, 3.05) is 19.3 Å². The average Bonchev–Trinajstić information content (AvgIpc) is 2.45. The van der Waals surface area contributed by atoms with E-state index in [2.05, 4.69) is 48.8 Å². The lowest BCUT2D eigenvalue weighted by Gasteiger charge is -2.23. The minimum absolute atomic E-state index is 0.176. The van der Waals surface area contributed by atoms with Crippen LogP contribution in [0.25, 0.3) is 0 Å². The third-order valence-electron chi connectivity index (χ3n) is 3.36. The molecule has 0 bridgehead atoms. The largest absolute Gasteiger partial charge is 0.301 e. The summed E-state index contributed by atoms with van der Waals surface area (Å²) in [5, 5.41) is 0. The molecule has 0 radical (unpaired) electrons. The Morgan fingerprint density at radius 2 is 1.85 bits per heavy atom. The number of hydrogen-bond donors (Lipinski definition) is 1. The molecule has 0 aliphatic carbocycles. The van der Waals surface area contributed by atoms with Crippen molar-refractivity contribution in [1.82, 2.24) is 4.90 Å². The van der Waals surface area contributed by atoms with Crippen molar-refractivity contribution in [1.29, 1.82) is 0 Å². The molecule has 2 rings (SSSR count). The Morgan fingerprint density at radius 1 is 1.10 bits per heavy atom. The van der Waals surface area contributed by atoms with Gasteiger partial charge in [-0.05, 0) is 36.1 Å². The van der Waals surface area contributed by atoms with Gasteiger partial charge in [0.2, 0.25) is 0 Å². The summed E-state index contributed by atoms with van der Waals surface area (Å²) in [4.78, 5) is 2.21. The van der Waals surface area contributed by atoms with Gasteiger partial charge in [0.25, 0.3) is 0 Å². The molecule has 0 amide bonds. The molecule has 0 heterocycles. The van der Waals surface area contributed by atoms with Crippen molar-refractivity contribution in [3.63, 3.8) is 0 Å². The molecule has 1 unspecified atom stereocenters. The standard InChI is InChI=1S/C17H20FNS/c1-19(11-14-6-5-9-17(18)10-14)12-16(13-20)15-7-3-2-4-8-15/h2-10,16,20H,11-13H2,1H3. The first-order chi connectivity index (χ1) is 9.69. The zero-order valence-electron chi connectivity index (χ0n) is 11.7. The molecular formula is C17H20FNS. The predicted molar refractivity (Wildman–Crippen MR) is 85.8 cm³/mol. The second kappa shape index (κ2) is 7.46. The molecule has 1 nitrogen and oxygen atoms in total. The van der Waals surface area contributed by atoms with E-state index in [4.69, 9.17) is 0 Å². The van der Waals surface area contributed by atoms with Crippen LogP contribution in [0.15, 0.2) is 54.6 Å². The third-order valence-corrected chi connectivity index (χ3v) is 3.81. The Balaban J connectivity index is 1.97. The predicted octanol–water partition coefficient (Wildman–Crippen LogP) is 3.97. The normalized spacial score (nSPS) is 12.6. The summed E-state index contributed by atoms with van der Waals surface area (Å²) < 4.78 is 13.2. The first kappa shape index (κ1) is 15.1. The van der Waals surface area contributed by atoms with Crippen LogP contribution >= 0.6 is 12.6 Å². The van der Waals surface area contributed by atoms with E-state index in [1.165, 1.54) is 11.6 Å². The van der Waals surface area contributed by atoms with Gasteiger partial charge in [-0.25, -0.2) is 4.39 Å². The molecule has 0 saturated heterocycles. The minimum Gasteiger partial charge on any atom is -0.301 e. The maximum atomic E-state index is 13.2. The summed E-state index contributed by atoms with van der Waals surface area (Å²) >= 11 is 4.46. The number of likely N-dealkylation sites (N-methyl/N-ethyl adjacent to an activating group) is 1. The fourth-order valence-electron chi connectivity index (χ4n) is 2.38. The van der Waals surface area contributed by atoms with Gasteiger partial charge in [-0.2, -0.15) is 12.6 Å². The monoisotopic (exact) mass is 289 g/mol. The number of rotatable bonds is 6. The Morgan fingerprint density at radius 3 is 2.50 bits per heavy atom. The summed E-state index contributed by atoms with van der Waals surface area (Å²) in [7, 11) is 2.06. The van der Waals surface area contributed by atoms with Gasteiger partial charge in [-0.1, -0.05) is 42.5 Å².